The number of imidazole rings is 1. The second kappa shape index (κ2) is 4.29. The summed E-state index contributed by atoms with van der Waals surface area (Å²) in [6.45, 7) is 9.69. The van der Waals surface area contributed by atoms with E-state index < -0.39 is 0 Å². The highest BCUT2D eigenvalue weighted by molar-refractivity contribution is 7.71. The number of hydrogen-bond donors (Lipinski definition) is 1. The van der Waals surface area contributed by atoms with Crippen molar-refractivity contribution in [2.75, 3.05) is 0 Å². The van der Waals surface area contributed by atoms with E-state index in [9.17, 15) is 0 Å². The standard InChI is InChI=1S/C12H20N4S/c1-7(2)8(3)6-16-11-10(13-12(16)17)9(4)14-15(11)5/h7-8H,6H2,1-5H3,(H,13,17). The van der Waals surface area contributed by atoms with Gasteiger partial charge in [0, 0.05) is 13.6 Å². The quantitative estimate of drug-likeness (QED) is 0.853. The van der Waals surface area contributed by atoms with E-state index in [1.165, 1.54) is 0 Å². The number of nitrogens with zero attached hydrogens (tertiary/aromatic N) is 3. The van der Waals surface area contributed by atoms with Crippen LogP contribution in [0.25, 0.3) is 11.2 Å². The molecule has 1 atom stereocenters. The van der Waals surface area contributed by atoms with Gasteiger partial charge in [0.25, 0.3) is 0 Å². The molecule has 0 spiro atoms. The SMILES string of the molecule is Cc1nn(C)c2c1[nH]c(=S)n2CC(C)C(C)C. The van der Waals surface area contributed by atoms with E-state index >= 15 is 0 Å². The van der Waals surface area contributed by atoms with Crippen molar-refractivity contribution in [1.82, 2.24) is 19.3 Å². The summed E-state index contributed by atoms with van der Waals surface area (Å²) in [4.78, 5) is 3.25. The molecule has 17 heavy (non-hydrogen) atoms. The molecule has 0 radical (unpaired) electrons. The van der Waals surface area contributed by atoms with Gasteiger partial charge in [-0.25, -0.2) is 0 Å². The average Bonchev–Trinajstić information content (AvgIpc) is 2.68. The molecule has 0 aliphatic carbocycles. The van der Waals surface area contributed by atoms with E-state index in [-0.39, 0.29) is 0 Å². The zero-order chi connectivity index (χ0) is 12.7. The number of aryl methyl sites for hydroxylation is 2. The molecule has 1 unspecified atom stereocenters. The van der Waals surface area contributed by atoms with Gasteiger partial charge in [0.15, 0.2) is 10.4 Å². The molecule has 4 nitrogen and oxygen atoms in total. The third-order valence-corrected chi connectivity index (χ3v) is 3.86. The summed E-state index contributed by atoms with van der Waals surface area (Å²) in [6, 6.07) is 0. The van der Waals surface area contributed by atoms with Gasteiger partial charge in [-0.15, -0.1) is 0 Å². The fraction of sp³-hybridized carbons (Fsp3) is 0.667. The lowest BCUT2D eigenvalue weighted by molar-refractivity contribution is 0.365. The molecule has 0 aliphatic rings. The minimum absolute atomic E-state index is 0.593. The van der Waals surface area contributed by atoms with Crippen molar-refractivity contribution in [1.29, 1.82) is 0 Å². The zero-order valence-corrected chi connectivity index (χ0v) is 11.9. The van der Waals surface area contributed by atoms with Gasteiger partial charge in [-0.05, 0) is 31.0 Å². The van der Waals surface area contributed by atoms with Gasteiger partial charge < -0.3 is 9.55 Å². The summed E-state index contributed by atoms with van der Waals surface area (Å²) in [5.41, 5.74) is 3.16. The first-order chi connectivity index (χ1) is 7.91. The first-order valence-corrected chi connectivity index (χ1v) is 6.44. The highest BCUT2D eigenvalue weighted by Gasteiger charge is 2.15. The fourth-order valence-electron chi connectivity index (χ4n) is 2.04. The number of H-pyrrole nitrogens is 1. The van der Waals surface area contributed by atoms with Crippen molar-refractivity contribution in [3.05, 3.63) is 10.5 Å². The van der Waals surface area contributed by atoms with Gasteiger partial charge in [0.2, 0.25) is 0 Å². The highest BCUT2D eigenvalue weighted by atomic mass is 32.1. The second-order valence-electron chi connectivity index (χ2n) is 5.17. The van der Waals surface area contributed by atoms with Crippen molar-refractivity contribution in [3.8, 4) is 0 Å². The van der Waals surface area contributed by atoms with Crippen LogP contribution in [-0.2, 0) is 13.6 Å². The van der Waals surface area contributed by atoms with Crippen LogP contribution in [-0.4, -0.2) is 19.3 Å². The monoisotopic (exact) mass is 252 g/mol. The van der Waals surface area contributed by atoms with Crippen molar-refractivity contribution < 1.29 is 0 Å². The van der Waals surface area contributed by atoms with E-state index in [4.69, 9.17) is 12.2 Å². The molecule has 0 saturated heterocycles. The summed E-state index contributed by atoms with van der Waals surface area (Å²) in [5, 5.41) is 4.42. The van der Waals surface area contributed by atoms with Crippen LogP contribution in [0, 0.1) is 23.5 Å². The Bertz CT molecular complexity index is 587. The number of aromatic nitrogens is 4. The number of hydrogen-bond acceptors (Lipinski definition) is 2. The molecule has 1 N–H and O–H groups in total. The number of aromatic amines is 1. The average molecular weight is 252 g/mol. The lowest BCUT2D eigenvalue weighted by Gasteiger charge is -2.16. The first kappa shape index (κ1) is 12.4. The predicted molar refractivity (Wildman–Crippen MR) is 72.6 cm³/mol. The maximum absolute atomic E-state index is 5.40. The maximum atomic E-state index is 5.40. The van der Waals surface area contributed by atoms with Gasteiger partial charge in [-0.3, -0.25) is 4.68 Å². The summed E-state index contributed by atoms with van der Waals surface area (Å²) < 4.78 is 4.86. The number of rotatable bonds is 3. The van der Waals surface area contributed by atoms with Gasteiger partial charge in [-0.2, -0.15) is 5.10 Å². The normalized spacial score (nSPS) is 13.8. The van der Waals surface area contributed by atoms with Crippen molar-refractivity contribution in [2.24, 2.45) is 18.9 Å². The third kappa shape index (κ3) is 2.04. The van der Waals surface area contributed by atoms with Gasteiger partial charge in [-0.1, -0.05) is 20.8 Å². The number of fused-ring (bicyclic) bond motifs is 1. The fourth-order valence-corrected chi connectivity index (χ4v) is 2.30. The smallest absolute Gasteiger partial charge is 0.179 e. The Morgan fingerprint density at radius 3 is 2.59 bits per heavy atom. The predicted octanol–water partition coefficient (Wildman–Crippen LogP) is 3.03. The van der Waals surface area contributed by atoms with Crippen LogP contribution in [0.4, 0.5) is 0 Å². The number of nitrogens with one attached hydrogen (secondary N) is 1. The Labute approximate surface area is 107 Å². The molecule has 0 aliphatic heterocycles. The minimum atomic E-state index is 0.593. The van der Waals surface area contributed by atoms with Crippen molar-refractivity contribution in [2.45, 2.75) is 34.2 Å². The van der Waals surface area contributed by atoms with Crippen LogP contribution in [0.5, 0.6) is 0 Å². The van der Waals surface area contributed by atoms with Gasteiger partial charge >= 0.3 is 0 Å². The van der Waals surface area contributed by atoms with E-state index in [2.05, 4.69) is 35.4 Å². The first-order valence-electron chi connectivity index (χ1n) is 6.04. The van der Waals surface area contributed by atoms with E-state index in [0.717, 1.165) is 28.2 Å². The second-order valence-corrected chi connectivity index (χ2v) is 5.56. The molecule has 2 aromatic rings. The molecule has 0 saturated carbocycles. The van der Waals surface area contributed by atoms with Crippen molar-refractivity contribution in [3.63, 3.8) is 0 Å². The lowest BCUT2D eigenvalue weighted by atomic mass is 9.98. The Hall–Kier alpha value is -1.10. The highest BCUT2D eigenvalue weighted by Crippen LogP contribution is 2.20. The Kier molecular flexibility index (Phi) is 3.12. The molecule has 5 heteroatoms. The van der Waals surface area contributed by atoms with Crippen LogP contribution in [0.2, 0.25) is 0 Å². The van der Waals surface area contributed by atoms with Crippen LogP contribution >= 0.6 is 12.2 Å². The largest absolute Gasteiger partial charge is 0.328 e. The topological polar surface area (TPSA) is 38.5 Å². The summed E-state index contributed by atoms with van der Waals surface area (Å²) >= 11 is 5.40. The zero-order valence-electron chi connectivity index (χ0n) is 11.1. The molecule has 0 amide bonds. The summed E-state index contributed by atoms with van der Waals surface area (Å²) in [7, 11) is 1.97. The van der Waals surface area contributed by atoms with Crippen LogP contribution in [0.15, 0.2) is 0 Å². The molecule has 0 fully saturated rings. The molecule has 2 heterocycles. The third-order valence-electron chi connectivity index (χ3n) is 3.53. The molecular formula is C12H20N4S. The molecule has 2 aromatic heterocycles. The minimum Gasteiger partial charge on any atom is -0.328 e. The van der Waals surface area contributed by atoms with Crippen LogP contribution in [0.3, 0.4) is 0 Å². The van der Waals surface area contributed by atoms with Gasteiger partial charge in [0.1, 0.15) is 5.52 Å². The molecule has 0 bridgehead atoms. The molecule has 94 valence electrons. The van der Waals surface area contributed by atoms with E-state index in [1.54, 1.807) is 0 Å². The molecule has 2 rings (SSSR count). The Balaban J connectivity index is 2.53. The van der Waals surface area contributed by atoms with E-state index in [0.29, 0.717) is 11.8 Å². The Morgan fingerprint density at radius 1 is 1.35 bits per heavy atom. The maximum Gasteiger partial charge on any atom is 0.179 e. The molecule has 0 aromatic carbocycles. The summed E-state index contributed by atoms with van der Waals surface area (Å²) in [6.07, 6.45) is 0. The molecular weight excluding hydrogens is 232 g/mol. The Morgan fingerprint density at radius 2 is 2.00 bits per heavy atom. The lowest BCUT2D eigenvalue weighted by Crippen LogP contribution is -2.14. The van der Waals surface area contributed by atoms with Crippen molar-refractivity contribution >= 4 is 23.4 Å². The summed E-state index contributed by atoms with van der Waals surface area (Å²) in [5.74, 6) is 1.24. The van der Waals surface area contributed by atoms with Gasteiger partial charge in [0.05, 0.1) is 5.69 Å². The van der Waals surface area contributed by atoms with E-state index in [1.807, 2.05) is 18.7 Å². The van der Waals surface area contributed by atoms with Crippen LogP contribution < -0.4 is 0 Å². The van der Waals surface area contributed by atoms with Crippen LogP contribution in [0.1, 0.15) is 26.5 Å².